The van der Waals surface area contributed by atoms with Gasteiger partial charge in [0.1, 0.15) is 16.5 Å². The number of amides is 1. The van der Waals surface area contributed by atoms with Crippen LogP contribution >= 0.6 is 0 Å². The third kappa shape index (κ3) is 3.20. The largest absolute Gasteiger partial charge is 0.341 e. The summed E-state index contributed by atoms with van der Waals surface area (Å²) in [5.41, 5.74) is 1.84. The van der Waals surface area contributed by atoms with Crippen LogP contribution < -0.4 is 5.32 Å². The Morgan fingerprint density at radius 3 is 2.59 bits per heavy atom. The number of piperidine rings is 1. The number of carbonyl (C=O) groups excluding carboxylic acids is 2. The van der Waals surface area contributed by atoms with E-state index in [0.29, 0.717) is 5.69 Å². The number of hydrogen-bond donors (Lipinski definition) is 1. The molecule has 0 aromatic heterocycles. The maximum atomic E-state index is 13.8. The summed E-state index contributed by atoms with van der Waals surface area (Å²) in [5.74, 6) is -2.38. The maximum absolute atomic E-state index is 13.8. The number of carbonyl (C=O) groups is 2. The summed E-state index contributed by atoms with van der Waals surface area (Å²) >= 11 is 0. The third-order valence-corrected chi connectivity index (χ3v) is 9.14. The lowest BCUT2D eigenvalue weighted by Gasteiger charge is -2.45. The topological polar surface area (TPSA) is 95.9 Å². The predicted molar refractivity (Wildman–Crippen MR) is 123 cm³/mol. The molecule has 176 valence electrons. The molecule has 1 amide bonds. The Morgan fingerprint density at radius 2 is 1.82 bits per heavy atom. The molecule has 1 saturated heterocycles. The summed E-state index contributed by atoms with van der Waals surface area (Å²) in [4.78, 5) is 29.3. The average Bonchev–Trinajstić information content (AvgIpc) is 3.40. The monoisotopic (exact) mass is 481 g/mol. The number of likely N-dealkylation sites (tertiary alicyclic amines) is 1. The molecule has 0 radical (unpaired) electrons. The van der Waals surface area contributed by atoms with Gasteiger partial charge < -0.3 is 10.2 Å². The Kier molecular flexibility index (Phi) is 4.71. The minimum absolute atomic E-state index is 0.0351. The summed E-state index contributed by atoms with van der Waals surface area (Å²) in [7, 11) is -4.06. The van der Waals surface area contributed by atoms with Crippen LogP contribution in [0.1, 0.15) is 30.4 Å². The summed E-state index contributed by atoms with van der Waals surface area (Å²) in [6.45, 7) is 2.02. The first-order chi connectivity index (χ1) is 16.2. The van der Waals surface area contributed by atoms with Crippen LogP contribution in [0.2, 0.25) is 0 Å². The van der Waals surface area contributed by atoms with Crippen molar-refractivity contribution in [1.29, 1.82) is 0 Å². The first-order valence-corrected chi connectivity index (χ1v) is 13.0. The van der Waals surface area contributed by atoms with E-state index in [2.05, 4.69) is 9.71 Å². The van der Waals surface area contributed by atoms with Crippen molar-refractivity contribution < 1.29 is 22.4 Å². The minimum atomic E-state index is -4.06. The normalized spacial score (nSPS) is 31.1. The Morgan fingerprint density at radius 1 is 1.09 bits per heavy atom. The van der Waals surface area contributed by atoms with E-state index in [9.17, 15) is 22.4 Å². The number of aryl methyl sites for hydroxylation is 1. The lowest BCUT2D eigenvalue weighted by atomic mass is 9.73. The zero-order chi connectivity index (χ0) is 23.8. The van der Waals surface area contributed by atoms with E-state index >= 15 is 0 Å². The zero-order valence-corrected chi connectivity index (χ0v) is 19.4. The van der Waals surface area contributed by atoms with Crippen molar-refractivity contribution in [2.45, 2.75) is 43.7 Å². The van der Waals surface area contributed by atoms with Crippen LogP contribution in [0.25, 0.3) is 0 Å². The predicted octanol–water partition coefficient (Wildman–Crippen LogP) is 3.29. The van der Waals surface area contributed by atoms with Gasteiger partial charge >= 0.3 is 0 Å². The number of nitrogens with one attached hydrogen (secondary N) is 1. The van der Waals surface area contributed by atoms with Crippen LogP contribution in [-0.4, -0.2) is 36.9 Å². The second-order valence-corrected chi connectivity index (χ2v) is 11.4. The zero-order valence-electron chi connectivity index (χ0n) is 18.6. The Balaban J connectivity index is 1.41. The van der Waals surface area contributed by atoms with Gasteiger partial charge in [0.2, 0.25) is 5.91 Å². The highest BCUT2D eigenvalue weighted by Crippen LogP contribution is 2.54. The van der Waals surface area contributed by atoms with Crippen molar-refractivity contribution in [3.05, 3.63) is 59.4 Å². The van der Waals surface area contributed by atoms with Crippen LogP contribution in [0, 0.1) is 36.4 Å². The molecular weight excluding hydrogens is 457 g/mol. The number of halogens is 1. The molecule has 5 unspecified atom stereocenters. The highest BCUT2D eigenvalue weighted by atomic mass is 32.2. The number of benzene rings is 2. The van der Waals surface area contributed by atoms with Gasteiger partial charge in [-0.2, -0.15) is 8.42 Å². The summed E-state index contributed by atoms with van der Waals surface area (Å²) < 4.78 is 43.3. The van der Waals surface area contributed by atoms with Crippen LogP contribution in [0.5, 0.6) is 0 Å². The van der Waals surface area contributed by atoms with Gasteiger partial charge in [0.05, 0.1) is 5.69 Å². The van der Waals surface area contributed by atoms with Gasteiger partial charge in [0, 0.05) is 18.5 Å². The van der Waals surface area contributed by atoms with E-state index in [0.717, 1.165) is 30.4 Å². The SMILES string of the molecule is Cc1ccc2c(c1)S(=O)(=O)N=C(C1C(=O)C3C4CCC(C4)C3N(Cc3ccc(F)cc3)C1=O)N2. The van der Waals surface area contributed by atoms with Crippen molar-refractivity contribution in [1.82, 2.24) is 4.90 Å². The van der Waals surface area contributed by atoms with Crippen molar-refractivity contribution in [2.24, 2.45) is 28.1 Å². The standard InChI is InChI=1S/C25H24FN3O4S/c1-13-2-9-18-19(10-13)34(32,33)28-24(27-18)21-23(30)20-15-5-6-16(11-15)22(20)29(25(21)31)12-14-3-7-17(26)8-4-14/h2-4,7-10,15-16,20-22H,5-6,11-12H2,1H3,(H,27,28). The molecule has 2 aromatic rings. The van der Waals surface area contributed by atoms with Gasteiger partial charge in [0.25, 0.3) is 10.0 Å². The molecular formula is C25H24FN3O4S. The number of anilines is 1. The molecule has 6 rings (SSSR count). The lowest BCUT2D eigenvalue weighted by molar-refractivity contribution is -0.153. The van der Waals surface area contributed by atoms with Gasteiger partial charge in [-0.3, -0.25) is 9.59 Å². The van der Waals surface area contributed by atoms with Crippen molar-refractivity contribution >= 4 is 33.2 Å². The lowest BCUT2D eigenvalue weighted by Crippen LogP contribution is -2.61. The molecule has 2 aliphatic heterocycles. The second-order valence-electron chi connectivity index (χ2n) is 9.85. The number of Topliss-reactive ketones (excluding diaryl/α,β-unsaturated/α-hetero) is 1. The minimum Gasteiger partial charge on any atom is -0.341 e. The van der Waals surface area contributed by atoms with E-state index in [4.69, 9.17) is 0 Å². The van der Waals surface area contributed by atoms with Crippen LogP contribution in [0.4, 0.5) is 10.1 Å². The number of sulfonamides is 1. The third-order valence-electron chi connectivity index (χ3n) is 7.81. The van der Waals surface area contributed by atoms with E-state index in [1.165, 1.54) is 18.2 Å². The van der Waals surface area contributed by atoms with E-state index in [-0.39, 0.29) is 52.7 Å². The molecule has 3 fully saturated rings. The Bertz CT molecular complexity index is 1350. The van der Waals surface area contributed by atoms with Crippen LogP contribution in [0.3, 0.4) is 0 Å². The smallest absolute Gasteiger partial charge is 0.286 e. The molecule has 9 heteroatoms. The molecule has 2 bridgehead atoms. The van der Waals surface area contributed by atoms with E-state index in [1.54, 1.807) is 36.1 Å². The molecule has 5 atom stereocenters. The number of fused-ring (bicyclic) bond motifs is 6. The maximum Gasteiger partial charge on any atom is 0.286 e. The van der Waals surface area contributed by atoms with Gasteiger partial charge in [-0.05, 0) is 73.4 Å². The van der Waals surface area contributed by atoms with Crippen molar-refractivity contribution in [3.8, 4) is 0 Å². The number of nitrogens with zero attached hydrogens (tertiary/aromatic N) is 2. The van der Waals surface area contributed by atoms with Gasteiger partial charge in [-0.15, -0.1) is 4.40 Å². The molecule has 34 heavy (non-hydrogen) atoms. The summed E-state index contributed by atoms with van der Waals surface area (Å²) in [6, 6.07) is 10.7. The average molecular weight is 482 g/mol. The van der Waals surface area contributed by atoms with Gasteiger partial charge in [-0.25, -0.2) is 4.39 Å². The van der Waals surface area contributed by atoms with E-state index < -0.39 is 21.8 Å². The molecule has 0 spiro atoms. The first kappa shape index (κ1) is 21.5. The molecule has 2 saturated carbocycles. The number of rotatable bonds is 3. The molecule has 2 aliphatic carbocycles. The summed E-state index contributed by atoms with van der Waals surface area (Å²) in [5, 5.41) is 2.98. The molecule has 1 N–H and O–H groups in total. The number of amidine groups is 1. The highest BCUT2D eigenvalue weighted by Gasteiger charge is 2.60. The molecule has 4 aliphatic rings. The van der Waals surface area contributed by atoms with Crippen molar-refractivity contribution in [3.63, 3.8) is 0 Å². The number of ketones is 1. The van der Waals surface area contributed by atoms with Gasteiger partial charge in [0.15, 0.2) is 11.7 Å². The fourth-order valence-corrected chi connectivity index (χ4v) is 7.61. The van der Waals surface area contributed by atoms with Crippen LogP contribution in [0.15, 0.2) is 51.8 Å². The van der Waals surface area contributed by atoms with Crippen LogP contribution in [-0.2, 0) is 26.2 Å². The molecule has 2 heterocycles. The molecule has 2 aromatic carbocycles. The Labute approximate surface area is 197 Å². The second kappa shape index (κ2) is 7.46. The Hall–Kier alpha value is -3.07. The summed E-state index contributed by atoms with van der Waals surface area (Å²) in [6.07, 6.45) is 2.79. The highest BCUT2D eigenvalue weighted by molar-refractivity contribution is 7.90. The van der Waals surface area contributed by atoms with Gasteiger partial charge in [-0.1, -0.05) is 18.2 Å². The fraction of sp³-hybridized carbons (Fsp3) is 0.400. The fourth-order valence-electron chi connectivity index (χ4n) is 6.37. The van der Waals surface area contributed by atoms with Crippen molar-refractivity contribution in [2.75, 3.05) is 5.32 Å². The first-order valence-electron chi connectivity index (χ1n) is 11.5. The number of hydrogen-bond acceptors (Lipinski definition) is 5. The molecule has 7 nitrogen and oxygen atoms in total. The van der Waals surface area contributed by atoms with E-state index in [1.807, 2.05) is 0 Å². The quantitative estimate of drug-likeness (QED) is 0.679.